The Kier molecular flexibility index (Phi) is 5.95. The molecule has 0 aromatic heterocycles. The van der Waals surface area contributed by atoms with Crippen molar-refractivity contribution in [2.24, 2.45) is 5.41 Å². The summed E-state index contributed by atoms with van der Waals surface area (Å²) in [6.07, 6.45) is 1.79. The van der Waals surface area contributed by atoms with Crippen LogP contribution in [-0.4, -0.2) is 33.2 Å². The van der Waals surface area contributed by atoms with E-state index in [1.165, 1.54) is 17.3 Å². The lowest BCUT2D eigenvalue weighted by Gasteiger charge is -2.29. The van der Waals surface area contributed by atoms with Gasteiger partial charge in [0.1, 0.15) is 4.32 Å². The van der Waals surface area contributed by atoms with Crippen molar-refractivity contribution >= 4 is 40.0 Å². The van der Waals surface area contributed by atoms with Crippen molar-refractivity contribution in [2.45, 2.75) is 47.5 Å². The minimum Gasteiger partial charge on any atom is -0.297 e. The summed E-state index contributed by atoms with van der Waals surface area (Å²) in [5, 5.41) is 0. The maximum atomic E-state index is 11.4. The predicted octanol–water partition coefficient (Wildman–Crippen LogP) is 3.58. The van der Waals surface area contributed by atoms with Crippen LogP contribution in [0.4, 0.5) is 0 Å². The van der Waals surface area contributed by atoms with Gasteiger partial charge in [0, 0.05) is 13.0 Å². The summed E-state index contributed by atoms with van der Waals surface area (Å²) < 4.78 is 0.725. The summed E-state index contributed by atoms with van der Waals surface area (Å²) in [4.78, 5) is 23.8. The molecule has 2 aliphatic rings. The van der Waals surface area contributed by atoms with Crippen LogP contribution in [0.2, 0.25) is 0 Å². The number of carbonyl (C=O) groups excluding carboxylic acids is 2. The second kappa shape index (κ2) is 6.85. The third kappa shape index (κ3) is 4.42. The topological polar surface area (TPSA) is 37.4 Å². The monoisotopic (exact) mass is 313 g/mol. The van der Waals surface area contributed by atoms with Gasteiger partial charge in [-0.1, -0.05) is 43.4 Å². The summed E-state index contributed by atoms with van der Waals surface area (Å²) in [6.45, 7) is 10.9. The van der Waals surface area contributed by atoms with Gasteiger partial charge in [0.05, 0.1) is 5.75 Å². The van der Waals surface area contributed by atoms with Crippen molar-refractivity contribution in [1.82, 2.24) is 4.90 Å². The summed E-state index contributed by atoms with van der Waals surface area (Å²) in [5.41, 5.74) is 2.45. The third-order valence-corrected chi connectivity index (χ3v) is 5.03. The Morgan fingerprint density at radius 3 is 2.20 bits per heavy atom. The molecule has 1 aliphatic carbocycles. The third-order valence-electron chi connectivity index (χ3n) is 3.60. The minimum atomic E-state index is 0.146. The molecule has 1 heterocycles. The predicted molar refractivity (Wildman–Crippen MR) is 88.8 cm³/mol. The lowest BCUT2D eigenvalue weighted by molar-refractivity contribution is -0.123. The fourth-order valence-electron chi connectivity index (χ4n) is 2.40. The average Bonchev–Trinajstić information content (AvgIpc) is 2.65. The van der Waals surface area contributed by atoms with Crippen molar-refractivity contribution in [2.75, 3.05) is 12.3 Å². The second-order valence-corrected chi connectivity index (χ2v) is 7.65. The zero-order valence-electron chi connectivity index (χ0n) is 12.9. The van der Waals surface area contributed by atoms with E-state index in [4.69, 9.17) is 12.2 Å². The molecule has 0 N–H and O–H groups in total. The molecular weight excluding hydrogens is 290 g/mol. The van der Waals surface area contributed by atoms with Gasteiger partial charge in [-0.3, -0.25) is 14.5 Å². The molecule has 2 rings (SSSR count). The van der Waals surface area contributed by atoms with Crippen LogP contribution in [-0.2, 0) is 9.59 Å². The minimum absolute atomic E-state index is 0.146. The molecule has 0 bridgehead atoms. The highest BCUT2D eigenvalue weighted by Crippen LogP contribution is 2.36. The second-order valence-electron chi connectivity index (χ2n) is 6.04. The van der Waals surface area contributed by atoms with E-state index in [0.29, 0.717) is 18.1 Å². The number of hydrogen-bond donors (Lipinski definition) is 0. The first-order valence-electron chi connectivity index (χ1n) is 6.84. The lowest BCUT2D eigenvalue weighted by atomic mass is 9.74. The normalized spacial score (nSPS) is 22.1. The first-order valence-corrected chi connectivity index (χ1v) is 8.24. The Morgan fingerprint density at radius 2 is 1.85 bits per heavy atom. The zero-order valence-corrected chi connectivity index (χ0v) is 14.5. The number of Topliss-reactive ketones (excluding diaryl/α,β-unsaturated/α-hetero) is 1. The van der Waals surface area contributed by atoms with Gasteiger partial charge in [-0.25, -0.2) is 0 Å². The molecular formula is C15H23NO2S2. The van der Waals surface area contributed by atoms with Crippen molar-refractivity contribution in [3.63, 3.8) is 0 Å². The molecule has 112 valence electrons. The van der Waals surface area contributed by atoms with E-state index in [-0.39, 0.29) is 11.3 Å². The number of carbonyl (C=O) groups is 2. The largest absolute Gasteiger partial charge is 0.297 e. The first kappa shape index (κ1) is 17.4. The van der Waals surface area contributed by atoms with Gasteiger partial charge in [0.15, 0.2) is 5.78 Å². The van der Waals surface area contributed by atoms with Crippen LogP contribution in [0.25, 0.3) is 0 Å². The van der Waals surface area contributed by atoms with Gasteiger partial charge in [0.25, 0.3) is 0 Å². The van der Waals surface area contributed by atoms with Crippen LogP contribution in [0.15, 0.2) is 11.1 Å². The van der Waals surface area contributed by atoms with Crippen molar-refractivity contribution in [1.29, 1.82) is 0 Å². The highest BCUT2D eigenvalue weighted by Gasteiger charge is 2.28. The Morgan fingerprint density at radius 1 is 1.25 bits per heavy atom. The van der Waals surface area contributed by atoms with Crippen LogP contribution in [0.5, 0.6) is 0 Å². The van der Waals surface area contributed by atoms with Gasteiger partial charge >= 0.3 is 0 Å². The molecule has 0 aromatic rings. The van der Waals surface area contributed by atoms with Crippen LogP contribution < -0.4 is 0 Å². The van der Waals surface area contributed by atoms with Crippen LogP contribution in [0, 0.1) is 5.41 Å². The molecule has 0 spiro atoms. The molecule has 0 radical (unpaired) electrons. The van der Waals surface area contributed by atoms with E-state index in [2.05, 4.69) is 20.8 Å². The standard InChI is InChI=1S/C10H16O.C5H7NOS2/c1-7-5-10(3,4)6-9(11)8(7)2;1-2-6-4(7)3-9-5(6)8/h5-6H2,1-4H3;2-3H2,1H3. The van der Waals surface area contributed by atoms with Gasteiger partial charge in [0.2, 0.25) is 5.91 Å². The van der Waals surface area contributed by atoms with Crippen LogP contribution in [0.1, 0.15) is 47.5 Å². The van der Waals surface area contributed by atoms with Crippen molar-refractivity contribution in [3.05, 3.63) is 11.1 Å². The van der Waals surface area contributed by atoms with Crippen molar-refractivity contribution in [3.8, 4) is 0 Å². The average molecular weight is 313 g/mol. The Hall–Kier alpha value is -0.680. The van der Waals surface area contributed by atoms with Gasteiger partial charge in [-0.05, 0) is 38.2 Å². The van der Waals surface area contributed by atoms with Crippen molar-refractivity contribution < 1.29 is 9.59 Å². The summed E-state index contributed by atoms with van der Waals surface area (Å²) >= 11 is 6.33. The van der Waals surface area contributed by atoms with Gasteiger partial charge in [-0.2, -0.15) is 0 Å². The highest BCUT2D eigenvalue weighted by atomic mass is 32.2. The Bertz CT molecular complexity index is 450. The molecule has 0 saturated carbocycles. The smallest absolute Gasteiger partial charge is 0.238 e. The van der Waals surface area contributed by atoms with Crippen LogP contribution >= 0.6 is 24.0 Å². The molecule has 0 aromatic carbocycles. The van der Waals surface area contributed by atoms with Gasteiger partial charge < -0.3 is 0 Å². The molecule has 20 heavy (non-hydrogen) atoms. The number of allylic oxidation sites excluding steroid dienone is 2. The molecule has 0 unspecified atom stereocenters. The van der Waals surface area contributed by atoms with E-state index < -0.39 is 0 Å². The maximum absolute atomic E-state index is 11.4. The maximum Gasteiger partial charge on any atom is 0.238 e. The Balaban J connectivity index is 0.000000204. The molecule has 1 amide bonds. The summed E-state index contributed by atoms with van der Waals surface area (Å²) in [5.74, 6) is 1.01. The van der Waals surface area contributed by atoms with E-state index in [1.807, 2.05) is 13.8 Å². The molecule has 1 fully saturated rings. The van der Waals surface area contributed by atoms with E-state index in [9.17, 15) is 9.59 Å². The summed E-state index contributed by atoms with van der Waals surface area (Å²) in [7, 11) is 0. The molecule has 0 atom stereocenters. The van der Waals surface area contributed by atoms with E-state index >= 15 is 0 Å². The van der Waals surface area contributed by atoms with E-state index in [0.717, 1.165) is 22.7 Å². The number of hydrogen-bond acceptors (Lipinski definition) is 4. The molecule has 3 nitrogen and oxygen atoms in total. The van der Waals surface area contributed by atoms with E-state index in [1.54, 1.807) is 4.90 Å². The number of thioether (sulfide) groups is 1. The number of thiocarbonyl (C=S) groups is 1. The zero-order chi connectivity index (χ0) is 15.5. The van der Waals surface area contributed by atoms with Crippen LogP contribution in [0.3, 0.4) is 0 Å². The highest BCUT2D eigenvalue weighted by molar-refractivity contribution is 8.23. The number of nitrogens with zero attached hydrogens (tertiary/aromatic N) is 1. The molecule has 1 saturated heterocycles. The molecule has 5 heteroatoms. The fraction of sp³-hybridized carbons (Fsp3) is 0.667. The lowest BCUT2D eigenvalue weighted by Crippen LogP contribution is -2.27. The van der Waals surface area contributed by atoms with Gasteiger partial charge in [-0.15, -0.1) is 0 Å². The summed E-state index contributed by atoms with van der Waals surface area (Å²) in [6, 6.07) is 0. The first-order chi connectivity index (χ1) is 9.18. The number of ketones is 1. The number of rotatable bonds is 1. The quantitative estimate of drug-likeness (QED) is 0.694. The Labute approximate surface area is 131 Å². The fourth-order valence-corrected chi connectivity index (χ4v) is 3.60. The number of amides is 1. The molecule has 1 aliphatic heterocycles. The SMILES string of the molecule is CC1=C(C)C(=O)CC(C)(C)C1.CCN1C(=O)CSC1=S.